The normalized spacial score (nSPS) is 8.83. The Kier molecular flexibility index (Phi) is 14.8. The van der Waals surface area contributed by atoms with Crippen molar-refractivity contribution >= 4 is 27.4 Å². The van der Waals surface area contributed by atoms with Gasteiger partial charge in [0.15, 0.2) is 5.11 Å². The molecule has 0 aliphatic heterocycles. The average Bonchev–Trinajstić information content (AvgIpc) is 1.58. The molecule has 4 N–H and O–H groups in total. The number of rotatable bonds is 2. The molecule has 0 rings (SSSR count). The summed E-state index contributed by atoms with van der Waals surface area (Å²) in [6.45, 7) is 1.65. The van der Waals surface area contributed by atoms with Crippen molar-refractivity contribution in [3.63, 3.8) is 0 Å². The van der Waals surface area contributed by atoms with Crippen LogP contribution in [-0.4, -0.2) is 23.8 Å². The van der Waals surface area contributed by atoms with Gasteiger partial charge in [-0.25, -0.2) is 8.42 Å². The number of hydrogen-bond acceptors (Lipinski definition) is 4. The second-order valence-corrected chi connectivity index (χ2v) is 3.66. The Morgan fingerprint density at radius 2 is 1.75 bits per heavy atom. The third-order valence-corrected chi connectivity index (χ3v) is 1.36. The largest absolute Gasteiger partial charge is 1.00 e. The van der Waals surface area contributed by atoms with Gasteiger partial charge in [0.25, 0.3) is 0 Å². The van der Waals surface area contributed by atoms with Crippen molar-refractivity contribution in [1.82, 2.24) is 0 Å². The van der Waals surface area contributed by atoms with Crippen molar-refractivity contribution in [1.29, 1.82) is 0 Å². The summed E-state index contributed by atoms with van der Waals surface area (Å²) in [5, 5.41) is 0.000000000000000222. The van der Waals surface area contributed by atoms with Gasteiger partial charge in [-0.05, 0) is 18.6 Å². The van der Waals surface area contributed by atoms with Crippen LogP contribution in [0.4, 0.5) is 0 Å². The van der Waals surface area contributed by atoms with E-state index in [2.05, 4.69) is 23.7 Å². The molecule has 0 radical (unpaired) electrons. The average molecular weight is 222 g/mol. The van der Waals surface area contributed by atoms with E-state index >= 15 is 0 Å². The summed E-state index contributed by atoms with van der Waals surface area (Å²) < 4.78 is 29.0. The molecular weight excluding hydrogens is 211 g/mol. The Morgan fingerprint density at radius 1 is 1.50 bits per heavy atom. The van der Waals surface area contributed by atoms with E-state index < -0.39 is 10.1 Å². The van der Waals surface area contributed by atoms with E-state index in [4.69, 9.17) is 0 Å². The van der Waals surface area contributed by atoms with Gasteiger partial charge in [-0.15, -0.1) is 0 Å². The summed E-state index contributed by atoms with van der Waals surface area (Å²) in [5.41, 5.74) is 9.24. The predicted octanol–water partition coefficient (Wildman–Crippen LogP) is -3.87. The Morgan fingerprint density at radius 3 is 1.75 bits per heavy atom. The van der Waals surface area contributed by atoms with Crippen molar-refractivity contribution in [2.45, 2.75) is 13.3 Å². The molecule has 0 aliphatic rings. The van der Waals surface area contributed by atoms with Crippen molar-refractivity contribution in [3.8, 4) is 0 Å². The second kappa shape index (κ2) is 9.69. The summed E-state index contributed by atoms with van der Waals surface area (Å²) in [4.78, 5) is 0. The molecule has 0 atom stereocenters. The van der Waals surface area contributed by atoms with Crippen molar-refractivity contribution in [2.24, 2.45) is 11.5 Å². The fourth-order valence-corrected chi connectivity index (χ4v) is 0.750. The smallest absolute Gasteiger partial charge is 0.748 e. The summed E-state index contributed by atoms with van der Waals surface area (Å²) in [7, 11) is -3.92. The third-order valence-electron chi connectivity index (χ3n) is 0.454. The van der Waals surface area contributed by atoms with E-state index in [1.807, 2.05) is 0 Å². The van der Waals surface area contributed by atoms with Gasteiger partial charge in [0, 0.05) is 5.75 Å². The van der Waals surface area contributed by atoms with Gasteiger partial charge >= 0.3 is 29.6 Å². The van der Waals surface area contributed by atoms with Gasteiger partial charge in [-0.1, -0.05) is 6.92 Å². The topological polar surface area (TPSA) is 109 Å². The standard InChI is InChI=1S/C3H8O3S.CH4N2S.Na/c1-2-3-7(4,5)6;2-1(3)4;/h2-3H2,1H3,(H,4,5,6);(H4,2,3,4);/q;;+1/p-1. The Hall–Kier alpha value is 0.600. The van der Waals surface area contributed by atoms with Gasteiger partial charge in [-0.3, -0.25) is 0 Å². The molecular formula is C4H11N2NaO3S2. The quantitative estimate of drug-likeness (QED) is 0.281. The summed E-state index contributed by atoms with van der Waals surface area (Å²) in [6, 6.07) is 0. The fourth-order valence-electron chi connectivity index (χ4n) is 0.250. The van der Waals surface area contributed by atoms with E-state index in [0.29, 0.717) is 6.42 Å². The molecule has 0 aromatic carbocycles. The second-order valence-electron chi connectivity index (χ2n) is 1.66. The van der Waals surface area contributed by atoms with Crippen LogP contribution in [0.15, 0.2) is 0 Å². The molecule has 0 saturated heterocycles. The predicted molar refractivity (Wildman–Crippen MR) is 45.8 cm³/mol. The molecule has 12 heavy (non-hydrogen) atoms. The van der Waals surface area contributed by atoms with Crippen LogP contribution in [0.2, 0.25) is 0 Å². The molecule has 0 aliphatic carbocycles. The molecule has 0 spiro atoms. The first kappa shape index (κ1) is 18.4. The zero-order valence-corrected chi connectivity index (χ0v) is 10.7. The number of hydrogen-bond donors (Lipinski definition) is 2. The van der Waals surface area contributed by atoms with Crippen LogP contribution in [-0.2, 0) is 10.1 Å². The summed E-state index contributed by atoms with van der Waals surface area (Å²) in [6.07, 6.45) is 0.409. The van der Waals surface area contributed by atoms with Gasteiger partial charge < -0.3 is 16.0 Å². The van der Waals surface area contributed by atoms with E-state index in [9.17, 15) is 13.0 Å². The van der Waals surface area contributed by atoms with Crippen molar-refractivity contribution in [2.75, 3.05) is 5.75 Å². The molecule has 0 heterocycles. The molecule has 0 fully saturated rings. The van der Waals surface area contributed by atoms with Gasteiger partial charge in [0.2, 0.25) is 0 Å². The first-order valence-electron chi connectivity index (χ1n) is 2.78. The Balaban J connectivity index is -0.000000142. The van der Waals surface area contributed by atoms with Crippen LogP contribution in [0.5, 0.6) is 0 Å². The van der Waals surface area contributed by atoms with Crippen molar-refractivity contribution < 1.29 is 42.5 Å². The minimum Gasteiger partial charge on any atom is -0.748 e. The maximum Gasteiger partial charge on any atom is 1.00 e. The van der Waals surface area contributed by atoms with E-state index in [1.165, 1.54) is 0 Å². The summed E-state index contributed by atoms with van der Waals surface area (Å²) in [5.74, 6) is -0.243. The molecule has 0 saturated carbocycles. The van der Waals surface area contributed by atoms with Crippen LogP contribution < -0.4 is 41.0 Å². The van der Waals surface area contributed by atoms with Crippen LogP contribution in [0.3, 0.4) is 0 Å². The molecule has 8 heteroatoms. The number of nitrogens with two attached hydrogens (primary N) is 2. The molecule has 0 unspecified atom stereocenters. The van der Waals surface area contributed by atoms with Crippen molar-refractivity contribution in [3.05, 3.63) is 0 Å². The van der Waals surface area contributed by atoms with Crippen LogP contribution in [0.1, 0.15) is 13.3 Å². The Labute approximate surface area is 99.9 Å². The van der Waals surface area contributed by atoms with Gasteiger partial charge in [0.05, 0.1) is 10.1 Å². The Bertz CT molecular complexity index is 200. The number of thiocarbonyl (C=S) groups is 1. The minimum absolute atomic E-state index is 0. The molecule has 68 valence electrons. The first-order chi connectivity index (χ1) is 4.79. The van der Waals surface area contributed by atoms with E-state index in [0.717, 1.165) is 0 Å². The molecule has 0 aromatic rings. The zero-order chi connectivity index (χ0) is 9.49. The maximum absolute atomic E-state index is 9.68. The monoisotopic (exact) mass is 222 g/mol. The SMILES string of the molecule is CCCS(=O)(=O)[O-].NC(N)=S.[Na+]. The van der Waals surface area contributed by atoms with Crippen LogP contribution in [0, 0.1) is 0 Å². The van der Waals surface area contributed by atoms with E-state index in [-0.39, 0.29) is 40.4 Å². The minimum atomic E-state index is -3.92. The van der Waals surface area contributed by atoms with Crippen LogP contribution in [0.25, 0.3) is 0 Å². The van der Waals surface area contributed by atoms with Gasteiger partial charge in [0.1, 0.15) is 0 Å². The van der Waals surface area contributed by atoms with Crippen LogP contribution >= 0.6 is 12.2 Å². The van der Waals surface area contributed by atoms with E-state index in [1.54, 1.807) is 6.92 Å². The molecule has 0 amide bonds. The molecule has 0 aromatic heterocycles. The van der Waals surface area contributed by atoms with Gasteiger partial charge in [-0.2, -0.15) is 0 Å². The fraction of sp³-hybridized carbons (Fsp3) is 0.750. The summed E-state index contributed by atoms with van der Waals surface area (Å²) >= 11 is 4.09. The molecule has 5 nitrogen and oxygen atoms in total. The maximum atomic E-state index is 9.68. The first-order valence-corrected chi connectivity index (χ1v) is 4.76. The zero-order valence-electron chi connectivity index (χ0n) is 7.11. The molecule has 0 bridgehead atoms. The third kappa shape index (κ3) is 46.2.